The van der Waals surface area contributed by atoms with E-state index in [2.05, 4.69) is 22.0 Å². The van der Waals surface area contributed by atoms with Crippen LogP contribution in [0.5, 0.6) is 0 Å². The predicted molar refractivity (Wildman–Crippen MR) is 114 cm³/mol. The molecule has 1 aromatic heterocycles. The van der Waals surface area contributed by atoms with Crippen molar-refractivity contribution < 1.29 is 15.0 Å². The minimum Gasteiger partial charge on any atom is -0.395 e. The fourth-order valence-corrected chi connectivity index (χ4v) is 6.87. The minimum absolute atomic E-state index is 0.0899. The second kappa shape index (κ2) is 7.77. The van der Waals surface area contributed by atoms with E-state index in [9.17, 15) is 15.0 Å². The molecular weight excluding hydrogens is 380 g/mol. The summed E-state index contributed by atoms with van der Waals surface area (Å²) < 4.78 is 0. The van der Waals surface area contributed by atoms with E-state index in [1.165, 1.54) is 0 Å². The number of β-amino-alcohol motifs (C(OH)–C–C–N with tert-alkyl or cyclic N) is 1. The Bertz CT molecular complexity index is 786. The number of nitrogens with one attached hydrogen (secondary N) is 1. The molecule has 4 aliphatic carbocycles. The van der Waals surface area contributed by atoms with Crippen molar-refractivity contribution in [2.45, 2.75) is 56.7 Å². The summed E-state index contributed by atoms with van der Waals surface area (Å²) in [6.45, 7) is 5.66. The topological polar surface area (TPSA) is 88.9 Å². The summed E-state index contributed by atoms with van der Waals surface area (Å²) in [6, 6.07) is 6.15. The number of nitrogens with zero attached hydrogens (tertiary/aromatic N) is 3. The monoisotopic (exact) mass is 414 g/mol. The lowest BCUT2D eigenvalue weighted by Crippen LogP contribution is -2.61. The number of amides is 1. The fourth-order valence-electron chi connectivity index (χ4n) is 6.87. The number of pyridine rings is 1. The molecule has 2 heterocycles. The van der Waals surface area contributed by atoms with Crippen LogP contribution < -0.4 is 10.2 Å². The van der Waals surface area contributed by atoms with E-state index >= 15 is 0 Å². The molecule has 4 saturated carbocycles. The first-order chi connectivity index (χ1) is 14.4. The van der Waals surface area contributed by atoms with Gasteiger partial charge in [-0.25, -0.2) is 4.98 Å². The summed E-state index contributed by atoms with van der Waals surface area (Å²) in [7, 11) is 0. The molecule has 1 aliphatic heterocycles. The Kier molecular flexibility index (Phi) is 5.24. The van der Waals surface area contributed by atoms with Crippen molar-refractivity contribution in [1.29, 1.82) is 0 Å². The van der Waals surface area contributed by atoms with Gasteiger partial charge in [-0.15, -0.1) is 0 Å². The van der Waals surface area contributed by atoms with Crippen molar-refractivity contribution in [3.8, 4) is 0 Å². The molecule has 5 fully saturated rings. The SMILES string of the molecule is CC1CN(CCO)CCN1c1cccc(C(=O)NC2C3CC4CC2CC(O)(C4)C3)n1. The zero-order chi connectivity index (χ0) is 20.9. The molecule has 7 heteroatoms. The summed E-state index contributed by atoms with van der Waals surface area (Å²) in [5, 5.41) is 23.3. The Balaban J connectivity index is 1.26. The lowest BCUT2D eigenvalue weighted by molar-refractivity contribution is -0.136. The van der Waals surface area contributed by atoms with Gasteiger partial charge in [-0.05, 0) is 68.9 Å². The van der Waals surface area contributed by atoms with E-state index in [4.69, 9.17) is 4.98 Å². The third kappa shape index (κ3) is 3.72. The van der Waals surface area contributed by atoms with Gasteiger partial charge in [0.05, 0.1) is 12.2 Å². The van der Waals surface area contributed by atoms with Crippen LogP contribution >= 0.6 is 0 Å². The molecular formula is C23H34N4O3. The van der Waals surface area contributed by atoms with Gasteiger partial charge in [0.2, 0.25) is 0 Å². The molecule has 3 unspecified atom stereocenters. The summed E-state index contributed by atoms with van der Waals surface area (Å²) >= 11 is 0. The molecule has 1 saturated heterocycles. The molecule has 5 aliphatic rings. The molecule has 164 valence electrons. The van der Waals surface area contributed by atoms with Crippen LogP contribution in [0.1, 0.15) is 49.5 Å². The van der Waals surface area contributed by atoms with Crippen LogP contribution in [0.4, 0.5) is 5.82 Å². The van der Waals surface area contributed by atoms with Crippen molar-refractivity contribution in [1.82, 2.24) is 15.2 Å². The minimum atomic E-state index is -0.482. The van der Waals surface area contributed by atoms with Gasteiger partial charge in [0.25, 0.3) is 5.91 Å². The van der Waals surface area contributed by atoms with Crippen LogP contribution in [0.25, 0.3) is 0 Å². The molecule has 7 nitrogen and oxygen atoms in total. The van der Waals surface area contributed by atoms with Crippen molar-refractivity contribution >= 4 is 11.7 Å². The lowest BCUT2D eigenvalue weighted by Gasteiger charge is -2.58. The maximum atomic E-state index is 13.1. The summed E-state index contributed by atoms with van der Waals surface area (Å²) in [5.41, 5.74) is -0.00508. The zero-order valence-corrected chi connectivity index (χ0v) is 17.8. The van der Waals surface area contributed by atoms with Crippen LogP contribution in [0, 0.1) is 17.8 Å². The molecule has 0 spiro atoms. The molecule has 0 aromatic carbocycles. The van der Waals surface area contributed by atoms with Gasteiger partial charge in [0.1, 0.15) is 11.5 Å². The van der Waals surface area contributed by atoms with E-state index in [0.717, 1.165) is 57.6 Å². The maximum absolute atomic E-state index is 13.1. The van der Waals surface area contributed by atoms with Crippen LogP contribution in [0.3, 0.4) is 0 Å². The highest BCUT2D eigenvalue weighted by atomic mass is 16.3. The second-order valence-electron chi connectivity index (χ2n) is 10.1. The second-order valence-corrected chi connectivity index (χ2v) is 10.1. The number of aliphatic hydroxyl groups is 2. The number of piperazine rings is 1. The molecule has 3 atom stereocenters. The Morgan fingerprint density at radius 1 is 1.23 bits per heavy atom. The highest BCUT2D eigenvalue weighted by Crippen LogP contribution is 2.55. The van der Waals surface area contributed by atoms with Crippen LogP contribution in [0.15, 0.2) is 18.2 Å². The molecule has 1 amide bonds. The molecule has 30 heavy (non-hydrogen) atoms. The first kappa shape index (κ1) is 20.2. The Labute approximate surface area is 178 Å². The van der Waals surface area contributed by atoms with E-state index in [-0.39, 0.29) is 24.6 Å². The molecule has 6 rings (SSSR count). The number of aliphatic hydroxyl groups excluding tert-OH is 1. The normalized spacial score (nSPS) is 38.1. The average molecular weight is 415 g/mol. The van der Waals surface area contributed by atoms with Crippen LogP contribution in [-0.2, 0) is 0 Å². The Morgan fingerprint density at radius 2 is 2.00 bits per heavy atom. The van der Waals surface area contributed by atoms with Crippen molar-refractivity contribution in [3.05, 3.63) is 23.9 Å². The van der Waals surface area contributed by atoms with Gasteiger partial charge >= 0.3 is 0 Å². The summed E-state index contributed by atoms with van der Waals surface area (Å²) in [4.78, 5) is 22.3. The van der Waals surface area contributed by atoms with Gasteiger partial charge in [-0.1, -0.05) is 6.07 Å². The predicted octanol–water partition coefficient (Wildman–Crippen LogP) is 1.25. The molecule has 1 aromatic rings. The number of hydrogen-bond acceptors (Lipinski definition) is 6. The highest BCUT2D eigenvalue weighted by molar-refractivity contribution is 5.93. The van der Waals surface area contributed by atoms with Gasteiger partial charge in [-0.2, -0.15) is 0 Å². The van der Waals surface area contributed by atoms with Crippen molar-refractivity contribution in [2.75, 3.05) is 37.7 Å². The first-order valence-electron chi connectivity index (χ1n) is 11.5. The van der Waals surface area contributed by atoms with E-state index in [1.807, 2.05) is 12.1 Å². The highest BCUT2D eigenvalue weighted by Gasteiger charge is 2.55. The standard InChI is InChI=1S/C23H34N4O3/c1-15-14-26(7-8-28)5-6-27(15)20-4-2-3-19(24-20)22(29)25-21-17-9-16-10-18(21)13-23(30,11-16)12-17/h2-4,15-18,21,28,30H,5-14H2,1H3,(H,25,29). The quantitative estimate of drug-likeness (QED) is 0.672. The van der Waals surface area contributed by atoms with Crippen molar-refractivity contribution in [3.63, 3.8) is 0 Å². The van der Waals surface area contributed by atoms with Gasteiger partial charge in [0, 0.05) is 38.3 Å². The number of carbonyl (C=O) groups excluding carboxylic acids is 1. The molecule has 0 radical (unpaired) electrons. The number of carbonyl (C=O) groups is 1. The summed E-state index contributed by atoms with van der Waals surface area (Å²) in [6.07, 6.45) is 4.87. The lowest BCUT2D eigenvalue weighted by atomic mass is 9.52. The van der Waals surface area contributed by atoms with Crippen LogP contribution in [-0.4, -0.2) is 76.5 Å². The summed E-state index contributed by atoms with van der Waals surface area (Å²) in [5.74, 6) is 2.18. The fraction of sp³-hybridized carbons (Fsp3) is 0.739. The third-order valence-electron chi connectivity index (χ3n) is 7.93. The largest absolute Gasteiger partial charge is 0.395 e. The number of anilines is 1. The average Bonchev–Trinajstić information content (AvgIpc) is 2.70. The molecule has 4 bridgehead atoms. The first-order valence-corrected chi connectivity index (χ1v) is 11.5. The third-order valence-corrected chi connectivity index (χ3v) is 7.93. The van der Waals surface area contributed by atoms with E-state index in [1.54, 1.807) is 6.07 Å². The van der Waals surface area contributed by atoms with E-state index < -0.39 is 5.60 Å². The van der Waals surface area contributed by atoms with E-state index in [0.29, 0.717) is 30.0 Å². The molecule has 3 N–H and O–H groups in total. The van der Waals surface area contributed by atoms with Gasteiger partial charge in [-0.3, -0.25) is 9.69 Å². The van der Waals surface area contributed by atoms with Crippen molar-refractivity contribution in [2.24, 2.45) is 17.8 Å². The smallest absolute Gasteiger partial charge is 0.270 e. The zero-order valence-electron chi connectivity index (χ0n) is 17.8. The van der Waals surface area contributed by atoms with Crippen LogP contribution in [0.2, 0.25) is 0 Å². The maximum Gasteiger partial charge on any atom is 0.270 e. The number of hydrogen-bond donors (Lipinski definition) is 3. The Morgan fingerprint density at radius 3 is 2.67 bits per heavy atom. The van der Waals surface area contributed by atoms with Gasteiger partial charge in [0.15, 0.2) is 0 Å². The van der Waals surface area contributed by atoms with Gasteiger partial charge < -0.3 is 20.4 Å². The Hall–Kier alpha value is -1.70. The number of rotatable bonds is 5. The number of aromatic nitrogens is 1.